The molecule has 20 heavy (non-hydrogen) atoms. The molecule has 0 fully saturated rings. The quantitative estimate of drug-likeness (QED) is 0.572. The van der Waals surface area contributed by atoms with Gasteiger partial charge >= 0.3 is 5.69 Å². The average Bonchev–Trinajstić information content (AvgIpc) is 2.82. The van der Waals surface area contributed by atoms with Crippen LogP contribution in [0.2, 0.25) is 0 Å². The molecule has 0 radical (unpaired) electrons. The molecule has 1 N–H and O–H groups in total. The normalized spacial score (nSPS) is 11.2. The molecule has 0 aliphatic heterocycles. The van der Waals surface area contributed by atoms with Crippen molar-refractivity contribution in [3.8, 4) is 5.69 Å². The summed E-state index contributed by atoms with van der Waals surface area (Å²) < 4.78 is 1.65. The van der Waals surface area contributed by atoms with Crippen LogP contribution in [0, 0.1) is 0 Å². The van der Waals surface area contributed by atoms with E-state index in [1.807, 2.05) is 48.5 Å². The summed E-state index contributed by atoms with van der Waals surface area (Å²) in [4.78, 5) is 19.1. The highest BCUT2D eigenvalue weighted by Crippen LogP contribution is 2.19. The second-order valence-corrected chi connectivity index (χ2v) is 4.67. The van der Waals surface area contributed by atoms with E-state index in [1.54, 1.807) is 10.8 Å². The van der Waals surface area contributed by atoms with Crippen LogP contribution in [0.5, 0.6) is 0 Å². The highest BCUT2D eigenvalue weighted by Gasteiger charge is 2.09. The van der Waals surface area contributed by atoms with E-state index in [0.717, 1.165) is 22.0 Å². The zero-order valence-electron chi connectivity index (χ0n) is 10.6. The molecular weight excluding hydrogens is 250 g/mol. The highest BCUT2D eigenvalue weighted by atomic mass is 16.1. The molecule has 2 aromatic carbocycles. The van der Waals surface area contributed by atoms with Crippen LogP contribution in [0.1, 0.15) is 0 Å². The summed E-state index contributed by atoms with van der Waals surface area (Å²) in [6, 6.07) is 17.8. The minimum absolute atomic E-state index is 0.172. The van der Waals surface area contributed by atoms with Crippen molar-refractivity contribution >= 4 is 21.9 Å². The molecule has 2 heterocycles. The molecule has 4 heteroatoms. The molecule has 0 aliphatic carbocycles. The monoisotopic (exact) mass is 261 g/mol. The van der Waals surface area contributed by atoms with Crippen LogP contribution in [-0.2, 0) is 0 Å². The predicted molar refractivity (Wildman–Crippen MR) is 79.2 cm³/mol. The third-order valence-electron chi connectivity index (χ3n) is 3.45. The lowest BCUT2D eigenvalue weighted by molar-refractivity contribution is 1.02. The van der Waals surface area contributed by atoms with Crippen molar-refractivity contribution in [1.29, 1.82) is 0 Å². The van der Waals surface area contributed by atoms with Crippen molar-refractivity contribution in [1.82, 2.24) is 14.5 Å². The van der Waals surface area contributed by atoms with E-state index in [2.05, 4.69) is 16.0 Å². The van der Waals surface area contributed by atoms with E-state index >= 15 is 0 Å². The summed E-state index contributed by atoms with van der Waals surface area (Å²) in [6.45, 7) is 0. The minimum Gasteiger partial charge on any atom is -0.290 e. The van der Waals surface area contributed by atoms with E-state index < -0.39 is 0 Å². The zero-order chi connectivity index (χ0) is 13.5. The molecule has 2 aromatic heterocycles. The third-order valence-corrected chi connectivity index (χ3v) is 3.45. The van der Waals surface area contributed by atoms with Crippen molar-refractivity contribution < 1.29 is 0 Å². The number of imidazole rings is 1. The van der Waals surface area contributed by atoms with Gasteiger partial charge in [-0.15, -0.1) is 0 Å². The van der Waals surface area contributed by atoms with Gasteiger partial charge in [-0.25, -0.2) is 9.78 Å². The number of nitrogens with one attached hydrogen (secondary N) is 1. The van der Waals surface area contributed by atoms with Gasteiger partial charge in [-0.2, -0.15) is 0 Å². The van der Waals surface area contributed by atoms with Gasteiger partial charge in [-0.1, -0.05) is 30.3 Å². The molecule has 0 aliphatic rings. The number of nitrogens with zero attached hydrogens (tertiary/aromatic N) is 2. The Morgan fingerprint density at radius 3 is 2.70 bits per heavy atom. The first-order valence-corrected chi connectivity index (χ1v) is 6.38. The Morgan fingerprint density at radius 1 is 0.950 bits per heavy atom. The first-order valence-electron chi connectivity index (χ1n) is 6.38. The van der Waals surface area contributed by atoms with Crippen LogP contribution in [0.15, 0.2) is 65.6 Å². The van der Waals surface area contributed by atoms with E-state index in [1.165, 1.54) is 0 Å². The summed E-state index contributed by atoms with van der Waals surface area (Å²) in [6.07, 6.45) is 1.67. The maximum absolute atomic E-state index is 12.1. The summed E-state index contributed by atoms with van der Waals surface area (Å²) in [5.41, 5.74) is 2.06. The Morgan fingerprint density at radius 2 is 1.80 bits per heavy atom. The first-order chi connectivity index (χ1) is 9.83. The topological polar surface area (TPSA) is 50.7 Å². The van der Waals surface area contributed by atoms with Gasteiger partial charge in [0, 0.05) is 6.20 Å². The molecule has 0 unspecified atom stereocenters. The number of hydrogen-bond acceptors (Lipinski definition) is 2. The Balaban J connectivity index is 2.06. The molecule has 0 atom stereocenters. The van der Waals surface area contributed by atoms with Gasteiger partial charge in [0.15, 0.2) is 5.65 Å². The Labute approximate surface area is 114 Å². The Bertz CT molecular complexity index is 982. The van der Waals surface area contributed by atoms with Gasteiger partial charge in [-0.05, 0) is 35.0 Å². The fourth-order valence-corrected chi connectivity index (χ4v) is 2.51. The number of H-pyrrole nitrogens is 1. The van der Waals surface area contributed by atoms with Crippen LogP contribution < -0.4 is 5.69 Å². The summed E-state index contributed by atoms with van der Waals surface area (Å²) in [5, 5.41) is 2.26. The smallest absolute Gasteiger partial charge is 0.290 e. The van der Waals surface area contributed by atoms with Gasteiger partial charge in [0.05, 0.1) is 11.2 Å². The van der Waals surface area contributed by atoms with E-state index in [9.17, 15) is 4.79 Å². The lowest BCUT2D eigenvalue weighted by Crippen LogP contribution is -2.14. The van der Waals surface area contributed by atoms with Crippen molar-refractivity contribution in [3.05, 3.63) is 71.3 Å². The molecule has 96 valence electrons. The standard InChI is InChI=1S/C16H11N3O/c20-16-18-15-14(6-3-9-17-15)19(16)13-8-7-11-4-1-2-5-12(11)10-13/h1-10H,(H,17,18,20). The number of aromatic nitrogens is 3. The number of rotatable bonds is 1. The minimum atomic E-state index is -0.172. The number of fused-ring (bicyclic) bond motifs is 2. The second-order valence-electron chi connectivity index (χ2n) is 4.67. The summed E-state index contributed by atoms with van der Waals surface area (Å²) >= 11 is 0. The lowest BCUT2D eigenvalue weighted by atomic mass is 10.1. The van der Waals surface area contributed by atoms with Crippen LogP contribution in [0.4, 0.5) is 0 Å². The largest absolute Gasteiger partial charge is 0.332 e. The molecule has 0 saturated carbocycles. The SMILES string of the molecule is O=c1[nH]c2ncccc2n1-c1ccc2ccccc2c1. The van der Waals surface area contributed by atoms with Crippen LogP contribution in [0.3, 0.4) is 0 Å². The number of pyridine rings is 1. The van der Waals surface area contributed by atoms with Gasteiger partial charge in [-0.3, -0.25) is 9.55 Å². The number of aromatic amines is 1. The molecule has 0 saturated heterocycles. The fourth-order valence-electron chi connectivity index (χ4n) is 2.51. The predicted octanol–water partition coefficient (Wildman–Crippen LogP) is 2.87. The summed E-state index contributed by atoms with van der Waals surface area (Å²) in [7, 11) is 0. The molecule has 4 nitrogen and oxygen atoms in total. The van der Waals surface area contributed by atoms with E-state index in [0.29, 0.717) is 5.65 Å². The van der Waals surface area contributed by atoms with Crippen LogP contribution >= 0.6 is 0 Å². The van der Waals surface area contributed by atoms with Gasteiger partial charge in [0.25, 0.3) is 0 Å². The van der Waals surface area contributed by atoms with Crippen molar-refractivity contribution in [2.24, 2.45) is 0 Å². The van der Waals surface area contributed by atoms with Crippen molar-refractivity contribution in [2.45, 2.75) is 0 Å². The molecule has 0 amide bonds. The van der Waals surface area contributed by atoms with Crippen LogP contribution in [-0.4, -0.2) is 14.5 Å². The van der Waals surface area contributed by atoms with Gasteiger partial charge in [0.2, 0.25) is 0 Å². The fraction of sp³-hybridized carbons (Fsp3) is 0. The van der Waals surface area contributed by atoms with E-state index in [-0.39, 0.29) is 5.69 Å². The van der Waals surface area contributed by atoms with Crippen molar-refractivity contribution in [3.63, 3.8) is 0 Å². The highest BCUT2D eigenvalue weighted by molar-refractivity contribution is 5.85. The van der Waals surface area contributed by atoms with Crippen molar-refractivity contribution in [2.75, 3.05) is 0 Å². The maximum atomic E-state index is 12.1. The van der Waals surface area contributed by atoms with Gasteiger partial charge in [0.1, 0.15) is 0 Å². The molecular formula is C16H11N3O. The number of hydrogen-bond donors (Lipinski definition) is 1. The summed E-state index contributed by atoms with van der Waals surface area (Å²) in [5.74, 6) is 0. The second kappa shape index (κ2) is 4.06. The molecule has 4 rings (SSSR count). The first kappa shape index (κ1) is 11.0. The van der Waals surface area contributed by atoms with E-state index in [4.69, 9.17) is 0 Å². The van der Waals surface area contributed by atoms with Crippen LogP contribution in [0.25, 0.3) is 27.6 Å². The number of benzene rings is 2. The molecule has 0 bridgehead atoms. The molecule has 4 aromatic rings. The Kier molecular flexibility index (Phi) is 2.23. The lowest BCUT2D eigenvalue weighted by Gasteiger charge is -2.05. The maximum Gasteiger partial charge on any atom is 0.332 e. The third kappa shape index (κ3) is 1.55. The molecule has 0 spiro atoms. The zero-order valence-corrected chi connectivity index (χ0v) is 10.6. The average molecular weight is 261 g/mol. The van der Waals surface area contributed by atoms with Gasteiger partial charge < -0.3 is 0 Å². The Hall–Kier alpha value is -2.88.